The normalized spacial score (nSPS) is 9.88. The average Bonchev–Trinajstić information content (AvgIpc) is 2.88. The minimum atomic E-state index is 0.631. The van der Waals surface area contributed by atoms with Crippen molar-refractivity contribution in [2.75, 3.05) is 11.6 Å². The van der Waals surface area contributed by atoms with Crippen LogP contribution in [0.5, 0.6) is 0 Å². The third-order valence-electron chi connectivity index (χ3n) is 2.38. The molecule has 2 N–H and O–H groups in total. The van der Waals surface area contributed by atoms with Crippen molar-refractivity contribution in [2.24, 2.45) is 0 Å². The summed E-state index contributed by atoms with van der Waals surface area (Å²) in [5, 5.41) is 12.4. The minimum Gasteiger partial charge on any atom is -0.378 e. The number of rotatable bonds is 4. The molecule has 4 nitrogen and oxygen atoms in total. The van der Waals surface area contributed by atoms with Gasteiger partial charge in [0.15, 0.2) is 0 Å². The molecule has 0 spiro atoms. The van der Waals surface area contributed by atoms with E-state index in [1.54, 1.807) is 24.3 Å². The molecule has 1 heterocycles. The Morgan fingerprint density at radius 3 is 3.06 bits per heavy atom. The molecule has 0 saturated heterocycles. The summed E-state index contributed by atoms with van der Waals surface area (Å²) in [5.41, 5.74) is 2.54. The minimum absolute atomic E-state index is 0.631. The average molecular weight is 244 g/mol. The van der Waals surface area contributed by atoms with Crippen LogP contribution in [0.15, 0.2) is 35.6 Å². The first-order valence-electron chi connectivity index (χ1n) is 5.13. The van der Waals surface area contributed by atoms with E-state index in [0.717, 1.165) is 16.3 Å². The Labute approximate surface area is 104 Å². The summed E-state index contributed by atoms with van der Waals surface area (Å²) < 4.78 is 0. The van der Waals surface area contributed by atoms with Gasteiger partial charge in [-0.25, -0.2) is 4.98 Å². The zero-order valence-electron chi connectivity index (χ0n) is 9.40. The summed E-state index contributed by atoms with van der Waals surface area (Å²) >= 11 is 1.57. The second-order valence-corrected chi connectivity index (χ2v) is 4.27. The third-order valence-corrected chi connectivity index (χ3v) is 3.16. The molecule has 0 atom stereocenters. The molecule has 0 amide bonds. The Hall–Kier alpha value is -1.93. The van der Waals surface area contributed by atoms with Crippen LogP contribution < -0.4 is 5.32 Å². The lowest BCUT2D eigenvalue weighted by molar-refractivity contribution is 1.07. The van der Waals surface area contributed by atoms with Crippen molar-refractivity contribution in [1.82, 2.24) is 9.97 Å². The van der Waals surface area contributed by atoms with Crippen molar-refractivity contribution in [2.45, 2.75) is 11.4 Å². The molecule has 1 aromatic heterocycles. The topological polar surface area (TPSA) is 64.5 Å². The number of nitrogens with one attached hydrogen (secondary N) is 2. The molecule has 0 fully saturated rings. The molecule has 5 heteroatoms. The van der Waals surface area contributed by atoms with E-state index in [0.29, 0.717) is 12.1 Å². The van der Waals surface area contributed by atoms with Crippen molar-refractivity contribution < 1.29 is 0 Å². The molecular weight excluding hydrogens is 232 g/mol. The lowest BCUT2D eigenvalue weighted by atomic mass is 10.2. The Morgan fingerprint density at radius 1 is 1.53 bits per heavy atom. The van der Waals surface area contributed by atoms with Crippen LogP contribution in [0, 0.1) is 11.3 Å². The fourth-order valence-corrected chi connectivity index (χ4v) is 2.11. The number of nitriles is 1. The largest absolute Gasteiger partial charge is 0.378 e. The molecule has 0 saturated carbocycles. The first kappa shape index (κ1) is 11.6. The van der Waals surface area contributed by atoms with E-state index in [9.17, 15) is 0 Å². The number of nitrogens with zero attached hydrogens (tertiary/aromatic N) is 2. The van der Waals surface area contributed by atoms with Gasteiger partial charge in [-0.2, -0.15) is 5.26 Å². The molecule has 0 bridgehead atoms. The van der Waals surface area contributed by atoms with E-state index >= 15 is 0 Å². The van der Waals surface area contributed by atoms with Gasteiger partial charge < -0.3 is 10.3 Å². The highest BCUT2D eigenvalue weighted by molar-refractivity contribution is 7.98. The number of hydrogen-bond donors (Lipinski definition) is 2. The van der Waals surface area contributed by atoms with Gasteiger partial charge >= 0.3 is 0 Å². The molecule has 0 radical (unpaired) electrons. The molecule has 0 unspecified atom stereocenters. The highest BCUT2D eigenvalue weighted by atomic mass is 32.2. The Balaban J connectivity index is 2.18. The summed E-state index contributed by atoms with van der Waals surface area (Å²) in [7, 11) is 0. The van der Waals surface area contributed by atoms with Gasteiger partial charge in [0.05, 0.1) is 29.8 Å². The Kier molecular flexibility index (Phi) is 3.68. The van der Waals surface area contributed by atoms with Crippen molar-refractivity contribution in [3.05, 3.63) is 42.0 Å². The SMILES string of the molecule is CSc1cccc(NCc2cnc[nH]2)c1C#N. The van der Waals surface area contributed by atoms with Crippen LogP contribution in [-0.4, -0.2) is 16.2 Å². The van der Waals surface area contributed by atoms with Gasteiger partial charge in [0.2, 0.25) is 0 Å². The smallest absolute Gasteiger partial charge is 0.102 e. The van der Waals surface area contributed by atoms with Crippen molar-refractivity contribution in [1.29, 1.82) is 5.26 Å². The van der Waals surface area contributed by atoms with Gasteiger partial charge in [0.25, 0.3) is 0 Å². The maximum absolute atomic E-state index is 9.16. The van der Waals surface area contributed by atoms with Crippen LogP contribution in [-0.2, 0) is 6.54 Å². The van der Waals surface area contributed by atoms with Crippen molar-refractivity contribution in [3.8, 4) is 6.07 Å². The Morgan fingerprint density at radius 2 is 2.41 bits per heavy atom. The number of aromatic amines is 1. The fourth-order valence-electron chi connectivity index (χ4n) is 1.54. The van der Waals surface area contributed by atoms with E-state index in [-0.39, 0.29) is 0 Å². The number of imidazole rings is 1. The first-order valence-corrected chi connectivity index (χ1v) is 6.36. The molecule has 1 aromatic carbocycles. The molecule has 0 aliphatic heterocycles. The molecule has 0 aliphatic rings. The predicted molar refractivity (Wildman–Crippen MR) is 68.9 cm³/mol. The monoisotopic (exact) mass is 244 g/mol. The Bertz CT molecular complexity index is 528. The third kappa shape index (κ3) is 2.60. The number of hydrogen-bond acceptors (Lipinski definition) is 4. The van der Waals surface area contributed by atoms with Gasteiger partial charge in [0.1, 0.15) is 6.07 Å². The van der Waals surface area contributed by atoms with Crippen LogP contribution >= 0.6 is 11.8 Å². The van der Waals surface area contributed by atoms with Crippen LogP contribution in [0.1, 0.15) is 11.3 Å². The molecular formula is C12H12N4S. The number of aromatic nitrogens is 2. The van der Waals surface area contributed by atoms with E-state index in [4.69, 9.17) is 5.26 Å². The van der Waals surface area contributed by atoms with Gasteiger partial charge in [-0.05, 0) is 18.4 Å². The molecule has 0 aliphatic carbocycles. The van der Waals surface area contributed by atoms with Crippen LogP contribution in [0.4, 0.5) is 5.69 Å². The lowest BCUT2D eigenvalue weighted by Gasteiger charge is -2.09. The van der Waals surface area contributed by atoms with Gasteiger partial charge in [-0.15, -0.1) is 11.8 Å². The summed E-state index contributed by atoms with van der Waals surface area (Å²) in [6, 6.07) is 8.04. The number of thioether (sulfide) groups is 1. The molecule has 86 valence electrons. The molecule has 2 rings (SSSR count). The summed E-state index contributed by atoms with van der Waals surface area (Å²) in [6.07, 6.45) is 5.37. The van der Waals surface area contributed by atoms with E-state index in [2.05, 4.69) is 21.4 Å². The van der Waals surface area contributed by atoms with Gasteiger partial charge in [-0.3, -0.25) is 0 Å². The van der Waals surface area contributed by atoms with E-state index in [1.807, 2.05) is 24.5 Å². The first-order chi connectivity index (χ1) is 8.35. The summed E-state index contributed by atoms with van der Waals surface area (Å²) in [5.74, 6) is 0. The highest BCUT2D eigenvalue weighted by Crippen LogP contribution is 2.26. The van der Waals surface area contributed by atoms with E-state index < -0.39 is 0 Å². The number of benzene rings is 1. The quantitative estimate of drug-likeness (QED) is 0.811. The second-order valence-electron chi connectivity index (χ2n) is 3.43. The maximum Gasteiger partial charge on any atom is 0.102 e. The van der Waals surface area contributed by atoms with Crippen LogP contribution in [0.2, 0.25) is 0 Å². The second kappa shape index (κ2) is 5.41. The van der Waals surface area contributed by atoms with Crippen molar-refractivity contribution >= 4 is 17.4 Å². The molecule has 2 aromatic rings. The summed E-state index contributed by atoms with van der Waals surface area (Å²) in [6.45, 7) is 0.631. The standard InChI is InChI=1S/C12H12N4S/c1-17-12-4-2-3-11(10(12)5-13)15-7-9-6-14-8-16-9/h2-4,6,8,15H,7H2,1H3,(H,14,16). The van der Waals surface area contributed by atoms with Gasteiger partial charge in [-0.1, -0.05) is 6.07 Å². The van der Waals surface area contributed by atoms with Crippen LogP contribution in [0.3, 0.4) is 0 Å². The van der Waals surface area contributed by atoms with E-state index in [1.165, 1.54) is 0 Å². The maximum atomic E-state index is 9.16. The zero-order valence-corrected chi connectivity index (χ0v) is 10.2. The van der Waals surface area contributed by atoms with Crippen LogP contribution in [0.25, 0.3) is 0 Å². The highest BCUT2D eigenvalue weighted by Gasteiger charge is 2.06. The van der Waals surface area contributed by atoms with Gasteiger partial charge in [0, 0.05) is 11.1 Å². The fraction of sp³-hybridized carbons (Fsp3) is 0.167. The summed E-state index contributed by atoms with van der Waals surface area (Å²) in [4.78, 5) is 7.95. The lowest BCUT2D eigenvalue weighted by Crippen LogP contribution is -2.02. The van der Waals surface area contributed by atoms with Crippen molar-refractivity contribution in [3.63, 3.8) is 0 Å². The molecule has 17 heavy (non-hydrogen) atoms. The predicted octanol–water partition coefficient (Wildman–Crippen LogP) is 2.62. The number of anilines is 1. The number of H-pyrrole nitrogens is 1. The zero-order chi connectivity index (χ0) is 12.1.